The van der Waals surface area contributed by atoms with Crippen molar-refractivity contribution in [1.82, 2.24) is 4.57 Å². The molecule has 2 bridgehead atoms. The predicted molar refractivity (Wildman–Crippen MR) is 326 cm³/mol. The largest absolute Gasteiger partial charge is 0.308 e. The van der Waals surface area contributed by atoms with Crippen molar-refractivity contribution in [2.75, 3.05) is 4.90 Å². The second-order valence-electron chi connectivity index (χ2n) is 22.8. The van der Waals surface area contributed by atoms with E-state index in [9.17, 15) is 0 Å². The highest BCUT2D eigenvalue weighted by molar-refractivity contribution is 6.33. The van der Waals surface area contributed by atoms with Gasteiger partial charge in [0, 0.05) is 55.1 Å². The molecule has 2 aliphatic carbocycles. The molecule has 4 aliphatic rings. The quantitative estimate of drug-likeness (QED) is 0.114. The fraction of sp³-hybridized carbons (Fsp3) is 0.0933. The van der Waals surface area contributed by atoms with E-state index < -0.39 is 0 Å². The molecular formula is C75H54N2. The highest BCUT2D eigenvalue weighted by Gasteiger charge is 2.43. The summed E-state index contributed by atoms with van der Waals surface area (Å²) in [5.41, 5.74) is 27.7. The zero-order chi connectivity index (χ0) is 51.5. The van der Waals surface area contributed by atoms with Gasteiger partial charge in [-0.15, -0.1) is 0 Å². The van der Waals surface area contributed by atoms with E-state index in [0.29, 0.717) is 0 Å². The summed E-state index contributed by atoms with van der Waals surface area (Å²) in [6.45, 7) is 11.9. The lowest BCUT2D eigenvalue weighted by Crippen LogP contribution is -2.23. The van der Waals surface area contributed by atoms with E-state index in [4.69, 9.17) is 0 Å². The second-order valence-corrected chi connectivity index (χ2v) is 22.8. The van der Waals surface area contributed by atoms with Gasteiger partial charge in [0.05, 0.1) is 22.6 Å². The molecule has 0 amide bonds. The Balaban J connectivity index is 1.04. The van der Waals surface area contributed by atoms with Crippen molar-refractivity contribution in [3.8, 4) is 50.3 Å². The third-order valence-electron chi connectivity index (χ3n) is 18.0. The van der Waals surface area contributed by atoms with Gasteiger partial charge >= 0.3 is 0 Å². The van der Waals surface area contributed by atoms with Crippen LogP contribution < -0.4 is 4.90 Å². The minimum absolute atomic E-state index is 0.108. The van der Waals surface area contributed by atoms with Gasteiger partial charge in [-0.2, -0.15) is 0 Å². The first-order valence-corrected chi connectivity index (χ1v) is 27.3. The number of anilines is 3. The maximum absolute atomic E-state index is 2.62. The van der Waals surface area contributed by atoms with Crippen LogP contribution in [-0.4, -0.2) is 4.57 Å². The molecule has 3 heterocycles. The number of hydrogen-bond acceptors (Lipinski definition) is 1. The van der Waals surface area contributed by atoms with Gasteiger partial charge in [-0.1, -0.05) is 228 Å². The summed E-state index contributed by atoms with van der Waals surface area (Å²) < 4.78 is 2.62. The third kappa shape index (κ3) is 6.01. The van der Waals surface area contributed by atoms with Crippen LogP contribution in [0.25, 0.3) is 105 Å². The predicted octanol–water partition coefficient (Wildman–Crippen LogP) is 20.2. The van der Waals surface area contributed by atoms with Crippen molar-refractivity contribution in [2.45, 2.75) is 45.4 Å². The molecule has 0 spiro atoms. The van der Waals surface area contributed by atoms with Crippen LogP contribution in [0.3, 0.4) is 0 Å². The van der Waals surface area contributed by atoms with E-state index in [0.717, 1.165) is 0 Å². The van der Waals surface area contributed by atoms with Gasteiger partial charge in [0.1, 0.15) is 0 Å². The molecule has 77 heavy (non-hydrogen) atoms. The minimum atomic E-state index is -0.167. The molecular weight excluding hydrogens is 929 g/mol. The SMILES string of the molecule is C/C(=C(/c1ccccc1)c1cc2ccc3c4c(ccc(c1N1c5cc1c1c(c5)C(C)(C)c5ccccc5-1)c24)cc1c(-c2ccccc2)c(-c2ccccc2)n(-c2ccc4c(c2)C(C)(C)c2ccccc2-4)c13)c1ccccc1. The summed E-state index contributed by atoms with van der Waals surface area (Å²) in [6, 6.07) is 89.2. The lowest BCUT2D eigenvalue weighted by atomic mass is 9.80. The number of rotatable bonds is 7. The molecule has 0 radical (unpaired) electrons. The summed E-state index contributed by atoms with van der Waals surface area (Å²) in [4.78, 5) is 2.61. The smallest absolute Gasteiger partial charge is 0.0620 e. The molecule has 17 rings (SSSR count). The van der Waals surface area contributed by atoms with Crippen LogP contribution in [-0.2, 0) is 10.8 Å². The molecule has 2 heteroatoms. The number of fused-ring (bicyclic) bond motifs is 6. The molecule has 0 fully saturated rings. The van der Waals surface area contributed by atoms with Crippen LogP contribution in [0.5, 0.6) is 0 Å². The number of aromatic nitrogens is 1. The van der Waals surface area contributed by atoms with Gasteiger partial charge in [0.25, 0.3) is 0 Å². The van der Waals surface area contributed by atoms with Gasteiger partial charge in [0.2, 0.25) is 0 Å². The summed E-state index contributed by atoms with van der Waals surface area (Å²) in [5, 5.41) is 8.78. The van der Waals surface area contributed by atoms with E-state index in [1.165, 1.54) is 161 Å². The van der Waals surface area contributed by atoms with E-state index in [1.54, 1.807) is 0 Å². The van der Waals surface area contributed by atoms with Crippen LogP contribution >= 0.6 is 0 Å². The van der Waals surface area contributed by atoms with Crippen molar-refractivity contribution in [2.24, 2.45) is 0 Å². The Kier molecular flexibility index (Phi) is 9.10. The fourth-order valence-electron chi connectivity index (χ4n) is 14.4. The molecule has 0 N–H and O–H groups in total. The molecule has 2 aliphatic heterocycles. The third-order valence-corrected chi connectivity index (χ3v) is 18.0. The minimum Gasteiger partial charge on any atom is -0.308 e. The second kappa shape index (κ2) is 15.9. The number of benzene rings is 12. The summed E-state index contributed by atoms with van der Waals surface area (Å²) in [6.07, 6.45) is 0. The molecule has 364 valence electrons. The first-order chi connectivity index (χ1) is 37.7. The van der Waals surface area contributed by atoms with Crippen molar-refractivity contribution in [1.29, 1.82) is 0 Å². The van der Waals surface area contributed by atoms with E-state index in [2.05, 4.69) is 281 Å². The maximum atomic E-state index is 2.62. The van der Waals surface area contributed by atoms with Gasteiger partial charge in [-0.05, 0) is 137 Å². The Hall–Kier alpha value is -9.24. The number of hydrogen-bond donors (Lipinski definition) is 0. The van der Waals surface area contributed by atoms with Crippen LogP contribution in [0.15, 0.2) is 237 Å². The monoisotopic (exact) mass is 982 g/mol. The van der Waals surface area contributed by atoms with Crippen molar-refractivity contribution in [3.05, 3.63) is 276 Å². The molecule has 12 aromatic carbocycles. The number of allylic oxidation sites excluding steroid dienone is 1. The molecule has 0 atom stereocenters. The molecule has 0 saturated carbocycles. The Bertz CT molecular complexity index is 4650. The van der Waals surface area contributed by atoms with E-state index in [1.807, 2.05) is 0 Å². The summed E-state index contributed by atoms with van der Waals surface area (Å²) in [7, 11) is 0. The molecule has 0 unspecified atom stereocenters. The average molecular weight is 983 g/mol. The normalized spacial score (nSPS) is 14.7. The highest BCUT2D eigenvalue weighted by atomic mass is 15.2. The molecule has 0 saturated heterocycles. The first-order valence-electron chi connectivity index (χ1n) is 27.3. The van der Waals surface area contributed by atoms with Gasteiger partial charge < -0.3 is 9.47 Å². The first kappa shape index (κ1) is 44.1. The molecule has 1 aromatic heterocycles. The van der Waals surface area contributed by atoms with Crippen LogP contribution in [0, 0.1) is 0 Å². The average Bonchev–Trinajstić information content (AvgIpc) is 4.26. The lowest BCUT2D eigenvalue weighted by molar-refractivity contribution is 0.659. The number of nitrogens with zero attached hydrogens (tertiary/aromatic N) is 2. The summed E-state index contributed by atoms with van der Waals surface area (Å²) >= 11 is 0. The topological polar surface area (TPSA) is 8.17 Å². The molecule has 13 aromatic rings. The fourth-order valence-corrected chi connectivity index (χ4v) is 14.4. The van der Waals surface area contributed by atoms with Crippen molar-refractivity contribution < 1.29 is 0 Å². The Morgan fingerprint density at radius 2 is 0.935 bits per heavy atom. The van der Waals surface area contributed by atoms with E-state index >= 15 is 0 Å². The standard InChI is InChI=1S/C75H54N2/c1-45(46-22-10-6-11-23-46)66(47-24-12-7-13-25-47)59-40-50-35-38-58-68-51(34-37-57(67(50)68)72(59)76-53-43-64-70(65(76)44-53)56-31-19-21-33-62(56)75(64,4)5)41-60-69(48-26-14-8-15-27-48)71(49-28-16-9-17-29-49)77(73(58)60)52-36-39-55-54-30-18-20-32-61(54)74(2,3)63(55)42-52/h6-44H,1-5H3/b66-45+. The molecule has 2 nitrogen and oxygen atoms in total. The van der Waals surface area contributed by atoms with Crippen molar-refractivity contribution in [3.63, 3.8) is 0 Å². The highest BCUT2D eigenvalue weighted by Crippen LogP contribution is 2.63. The Morgan fingerprint density at radius 1 is 0.390 bits per heavy atom. The summed E-state index contributed by atoms with van der Waals surface area (Å²) in [5.74, 6) is 0. The lowest BCUT2D eigenvalue weighted by Gasteiger charge is -2.40. The Morgan fingerprint density at radius 3 is 1.65 bits per heavy atom. The zero-order valence-corrected chi connectivity index (χ0v) is 43.9. The van der Waals surface area contributed by atoms with Gasteiger partial charge in [-0.25, -0.2) is 0 Å². The van der Waals surface area contributed by atoms with Gasteiger partial charge in [-0.3, -0.25) is 0 Å². The van der Waals surface area contributed by atoms with Crippen LogP contribution in [0.2, 0.25) is 0 Å². The van der Waals surface area contributed by atoms with Crippen LogP contribution in [0.1, 0.15) is 73.6 Å². The van der Waals surface area contributed by atoms with Crippen molar-refractivity contribution >= 4 is 71.4 Å². The van der Waals surface area contributed by atoms with Crippen LogP contribution in [0.4, 0.5) is 17.1 Å². The van der Waals surface area contributed by atoms with E-state index in [-0.39, 0.29) is 10.8 Å². The maximum Gasteiger partial charge on any atom is 0.0620 e. The Labute approximate surface area is 449 Å². The van der Waals surface area contributed by atoms with Gasteiger partial charge in [0.15, 0.2) is 0 Å². The zero-order valence-electron chi connectivity index (χ0n) is 43.9.